The first kappa shape index (κ1) is 38.0. The quantitative estimate of drug-likeness (QED) is 0.0963. The lowest BCUT2D eigenvalue weighted by molar-refractivity contribution is -0.298. The fourth-order valence-corrected chi connectivity index (χ4v) is 7.49. The Labute approximate surface area is 282 Å². The molecular formula is C35H52O13. The van der Waals surface area contributed by atoms with Crippen molar-refractivity contribution in [2.45, 2.75) is 161 Å². The Bertz CT molecular complexity index is 1310. The number of carbonyl (C=O) groups excluding carboxylic acids is 4. The summed E-state index contributed by atoms with van der Waals surface area (Å²) in [5, 5.41) is 13.1. The van der Waals surface area contributed by atoms with Crippen molar-refractivity contribution in [1.82, 2.24) is 0 Å². The van der Waals surface area contributed by atoms with E-state index in [1.54, 1.807) is 47.6 Å². The summed E-state index contributed by atoms with van der Waals surface area (Å²) in [6, 6.07) is 0. The van der Waals surface area contributed by atoms with Crippen LogP contribution in [0.4, 0.5) is 0 Å². The zero-order valence-corrected chi connectivity index (χ0v) is 29.6. The van der Waals surface area contributed by atoms with Gasteiger partial charge in [0.05, 0.1) is 5.92 Å². The molecule has 0 unspecified atom stereocenters. The Hall–Kier alpha value is -2.84. The molecule has 0 amide bonds. The molecular weight excluding hydrogens is 628 g/mol. The first-order chi connectivity index (χ1) is 22.6. The highest BCUT2D eigenvalue weighted by molar-refractivity contribution is 5.88. The fraction of sp³-hybridized carbons (Fsp3) is 0.771. The molecule has 10 atom stereocenters. The second-order valence-electron chi connectivity index (χ2n) is 13.4. The van der Waals surface area contributed by atoms with Crippen molar-refractivity contribution < 1.29 is 62.2 Å². The van der Waals surface area contributed by atoms with Crippen molar-refractivity contribution in [2.24, 2.45) is 5.92 Å². The molecule has 0 radical (unpaired) electrons. The van der Waals surface area contributed by atoms with Crippen LogP contribution in [0.5, 0.6) is 0 Å². The molecule has 13 nitrogen and oxygen atoms in total. The van der Waals surface area contributed by atoms with E-state index in [2.05, 4.69) is 0 Å². The van der Waals surface area contributed by atoms with Gasteiger partial charge in [-0.3, -0.25) is 19.1 Å². The third kappa shape index (κ3) is 6.81. The van der Waals surface area contributed by atoms with E-state index < -0.39 is 83.8 Å². The van der Waals surface area contributed by atoms with Crippen LogP contribution in [0.25, 0.3) is 0 Å². The zero-order valence-electron chi connectivity index (χ0n) is 29.6. The Morgan fingerprint density at radius 2 is 1.65 bits per heavy atom. The lowest BCUT2D eigenvalue weighted by Crippen LogP contribution is -2.65. The molecule has 13 heteroatoms. The van der Waals surface area contributed by atoms with Gasteiger partial charge in [0.1, 0.15) is 17.8 Å². The van der Waals surface area contributed by atoms with Crippen LogP contribution in [0.3, 0.4) is 0 Å². The third-order valence-corrected chi connectivity index (χ3v) is 9.99. The molecule has 2 aliphatic carbocycles. The molecule has 0 spiro atoms. The monoisotopic (exact) mass is 680 g/mol. The smallest absolute Gasteiger partial charge is 0.334 e. The molecule has 0 bridgehead atoms. The Morgan fingerprint density at radius 1 is 0.958 bits per heavy atom. The van der Waals surface area contributed by atoms with Gasteiger partial charge in [-0.2, -0.15) is 0 Å². The van der Waals surface area contributed by atoms with E-state index in [1.807, 2.05) is 13.8 Å². The fourth-order valence-electron chi connectivity index (χ4n) is 7.49. The van der Waals surface area contributed by atoms with Crippen molar-refractivity contribution in [3.8, 4) is 0 Å². The predicted octanol–water partition coefficient (Wildman–Crippen LogP) is 4.32. The minimum absolute atomic E-state index is 0.0624. The average Bonchev–Trinajstić information content (AvgIpc) is 3.53. The second-order valence-corrected chi connectivity index (χ2v) is 13.4. The van der Waals surface area contributed by atoms with Gasteiger partial charge < -0.3 is 38.3 Å². The van der Waals surface area contributed by atoms with Crippen LogP contribution in [-0.4, -0.2) is 89.6 Å². The van der Waals surface area contributed by atoms with Gasteiger partial charge in [0, 0.05) is 38.4 Å². The number of esters is 4. The van der Waals surface area contributed by atoms with Crippen LogP contribution in [0, 0.1) is 5.92 Å². The van der Waals surface area contributed by atoms with Crippen molar-refractivity contribution >= 4 is 23.9 Å². The summed E-state index contributed by atoms with van der Waals surface area (Å²) in [5.41, 5.74) is -4.25. The molecule has 2 saturated heterocycles. The molecule has 2 heterocycles. The summed E-state index contributed by atoms with van der Waals surface area (Å²) in [4.78, 5) is 52.6. The van der Waals surface area contributed by atoms with E-state index in [0.717, 1.165) is 12.8 Å². The van der Waals surface area contributed by atoms with Crippen molar-refractivity contribution in [3.63, 3.8) is 0 Å². The number of fused-ring (bicyclic) bond motifs is 5. The van der Waals surface area contributed by atoms with E-state index in [1.165, 1.54) is 6.92 Å². The van der Waals surface area contributed by atoms with Crippen LogP contribution in [0.15, 0.2) is 22.8 Å². The van der Waals surface area contributed by atoms with E-state index in [0.29, 0.717) is 29.6 Å². The first-order valence-electron chi connectivity index (χ1n) is 17.1. The molecule has 1 N–H and O–H groups in total. The summed E-state index contributed by atoms with van der Waals surface area (Å²) in [6.45, 7) is 14.1. The van der Waals surface area contributed by atoms with Crippen molar-refractivity contribution in [2.75, 3.05) is 6.61 Å². The maximum absolute atomic E-state index is 13.4. The van der Waals surface area contributed by atoms with Gasteiger partial charge in [0.2, 0.25) is 0 Å². The highest BCUT2D eigenvalue weighted by atomic mass is 16.9. The topological polar surface area (TPSA) is 162 Å². The largest absolute Gasteiger partial charge is 0.459 e. The highest BCUT2D eigenvalue weighted by Gasteiger charge is 2.78. The minimum atomic E-state index is -2.15. The number of hydrogen-bond donors (Lipinski definition) is 1. The maximum atomic E-state index is 13.4. The van der Waals surface area contributed by atoms with E-state index in [-0.39, 0.29) is 25.9 Å². The zero-order chi connectivity index (χ0) is 35.6. The van der Waals surface area contributed by atoms with Gasteiger partial charge in [-0.05, 0) is 65.5 Å². The van der Waals surface area contributed by atoms with Crippen LogP contribution < -0.4 is 0 Å². The summed E-state index contributed by atoms with van der Waals surface area (Å²) in [7, 11) is 0. The van der Waals surface area contributed by atoms with Crippen LogP contribution in [0.2, 0.25) is 0 Å². The summed E-state index contributed by atoms with van der Waals surface area (Å²) in [5.74, 6) is -3.41. The van der Waals surface area contributed by atoms with Crippen molar-refractivity contribution in [3.05, 3.63) is 22.8 Å². The van der Waals surface area contributed by atoms with Gasteiger partial charge in [-0.15, -0.1) is 0 Å². The predicted molar refractivity (Wildman–Crippen MR) is 169 cm³/mol. The molecule has 2 aliphatic heterocycles. The Kier molecular flexibility index (Phi) is 11.8. The standard InChI is InChI=1S/C35H52O13/c1-10-14-15-17-24(38)43-28-26-25(20(6)27(28)44-30(39)19(5)12-3)29-35(40,34(9)31(45-29)46-32(48-34)41-13-4)22(42-23(37)16-11-2)18-33(26,8)47-21(7)36/h12,22,26-29,31-32,40H,10-11,13-18H2,1-9H3/b19-12-/t22-,26+,27-,28-,29-,31-,32+,33-,34+,35+/m0/s1. The first-order valence-corrected chi connectivity index (χ1v) is 17.1. The minimum Gasteiger partial charge on any atom is -0.459 e. The number of aliphatic hydroxyl groups is 1. The lowest BCUT2D eigenvalue weighted by Gasteiger charge is -2.43. The molecule has 4 aliphatic rings. The SMILES string of the molecule is C/C=C(/C)C(=O)O[C@H]1C(C)=C2[C@H]([C@@H]1OC(=O)CCCCC)[C@@](C)(OC(C)=O)C[C@H](OC(=O)CCC)[C@@]1(O)[C@H]2O[C@H]2O[C@@H](OCC)O[C@]21C. The van der Waals surface area contributed by atoms with E-state index in [9.17, 15) is 24.3 Å². The molecule has 1 saturated carbocycles. The highest BCUT2D eigenvalue weighted by Crippen LogP contribution is 2.61. The molecule has 0 aromatic heterocycles. The average molecular weight is 681 g/mol. The number of unbranched alkanes of at least 4 members (excludes halogenated alkanes) is 2. The van der Waals surface area contributed by atoms with E-state index in [4.69, 9.17) is 37.9 Å². The van der Waals surface area contributed by atoms with Crippen molar-refractivity contribution in [1.29, 1.82) is 0 Å². The molecule has 0 aromatic carbocycles. The normalized spacial score (nSPS) is 37.3. The molecule has 4 rings (SSSR count). The lowest BCUT2D eigenvalue weighted by atomic mass is 9.75. The number of hydrogen-bond acceptors (Lipinski definition) is 13. The van der Waals surface area contributed by atoms with Gasteiger partial charge >= 0.3 is 23.9 Å². The molecule has 270 valence electrons. The van der Waals surface area contributed by atoms with Gasteiger partial charge in [0.25, 0.3) is 6.48 Å². The molecule has 3 fully saturated rings. The third-order valence-electron chi connectivity index (χ3n) is 9.99. The van der Waals surface area contributed by atoms with Crippen LogP contribution in [-0.2, 0) is 57.1 Å². The molecule has 0 aromatic rings. The van der Waals surface area contributed by atoms with E-state index >= 15 is 0 Å². The Balaban J connectivity index is 1.94. The maximum Gasteiger partial charge on any atom is 0.334 e. The van der Waals surface area contributed by atoms with Crippen LogP contribution >= 0.6 is 0 Å². The molecule has 48 heavy (non-hydrogen) atoms. The summed E-state index contributed by atoms with van der Waals surface area (Å²) in [6.07, 6.45) is -1.84. The summed E-state index contributed by atoms with van der Waals surface area (Å²) >= 11 is 0. The summed E-state index contributed by atoms with van der Waals surface area (Å²) < 4.78 is 48.5. The number of carbonyl (C=O) groups is 4. The Morgan fingerprint density at radius 3 is 2.25 bits per heavy atom. The van der Waals surface area contributed by atoms with Crippen LogP contribution in [0.1, 0.15) is 107 Å². The number of rotatable bonds is 13. The number of allylic oxidation sites excluding steroid dienone is 1. The van der Waals surface area contributed by atoms with Gasteiger partial charge in [-0.1, -0.05) is 32.8 Å². The number of ether oxygens (including phenoxy) is 8. The van der Waals surface area contributed by atoms with Gasteiger partial charge in [0.15, 0.2) is 29.7 Å². The van der Waals surface area contributed by atoms with Gasteiger partial charge in [-0.25, -0.2) is 4.79 Å². The second kappa shape index (κ2) is 15.0.